The molecule has 0 aromatic rings. The molecule has 0 saturated carbocycles. The molecule has 0 nitrogen and oxygen atoms in total. The summed E-state index contributed by atoms with van der Waals surface area (Å²) in [5.74, 6) is 2.84. The van der Waals surface area contributed by atoms with Crippen LogP contribution >= 0.6 is 0 Å². The zero-order chi connectivity index (χ0) is 10.4. The first-order valence-electron chi connectivity index (χ1n) is 5.91. The Kier molecular flexibility index (Phi) is 7.34. The quantitative estimate of drug-likeness (QED) is 0.602. The molecule has 0 saturated heterocycles. The van der Waals surface area contributed by atoms with Crippen molar-refractivity contribution in [2.75, 3.05) is 0 Å². The van der Waals surface area contributed by atoms with Crippen molar-refractivity contribution in [2.45, 2.75) is 56.5 Å². The molecule has 0 unspecified atom stereocenters. The second kappa shape index (κ2) is 7.00. The van der Waals surface area contributed by atoms with Crippen LogP contribution in [0.2, 0.25) is 14.9 Å². The van der Waals surface area contributed by atoms with E-state index >= 15 is 0 Å². The minimum absolute atomic E-state index is 0.885. The molecule has 0 atom stereocenters. The molecule has 0 N–H and O–H groups in total. The first-order valence-corrected chi connectivity index (χ1v) is 11.1. The van der Waals surface area contributed by atoms with Crippen LogP contribution in [0.5, 0.6) is 0 Å². The normalized spacial score (nSPS) is 11.8. The van der Waals surface area contributed by atoms with Crippen LogP contribution in [0.25, 0.3) is 0 Å². The van der Waals surface area contributed by atoms with E-state index in [1.807, 2.05) is 0 Å². The molecule has 0 spiro atoms. The maximum atomic E-state index is 2.39. The van der Waals surface area contributed by atoms with E-state index in [4.69, 9.17) is 0 Å². The van der Waals surface area contributed by atoms with Crippen LogP contribution in [-0.4, -0.2) is 16.2 Å². The molecule has 0 radical (unpaired) electrons. The average molecular weight is 241 g/mol. The van der Waals surface area contributed by atoms with Crippen LogP contribution in [0.3, 0.4) is 0 Å². The summed E-state index contributed by atoms with van der Waals surface area (Å²) in [5, 5.41) is 0. The summed E-state index contributed by atoms with van der Waals surface area (Å²) in [6, 6.07) is 0. The van der Waals surface area contributed by atoms with Crippen LogP contribution in [0, 0.1) is 17.8 Å². The van der Waals surface area contributed by atoms with E-state index in [-0.39, 0.29) is 0 Å². The van der Waals surface area contributed by atoms with Crippen LogP contribution in [0.15, 0.2) is 0 Å². The van der Waals surface area contributed by atoms with Gasteiger partial charge >= 0.3 is 90.4 Å². The molecule has 0 rings (SSSR count). The zero-order valence-corrected chi connectivity index (χ0v) is 12.9. The third-order valence-corrected chi connectivity index (χ3v) is 12.5. The zero-order valence-electron chi connectivity index (χ0n) is 10.4. The SMILES string of the molecule is CC(C)[CH2][Ga]([CH2]C(C)C)[CH2]C(C)C. The number of hydrogen-bond acceptors (Lipinski definition) is 0. The van der Waals surface area contributed by atoms with Gasteiger partial charge in [-0.3, -0.25) is 0 Å². The van der Waals surface area contributed by atoms with Crippen LogP contribution in [-0.2, 0) is 0 Å². The summed E-state index contributed by atoms with van der Waals surface area (Å²) in [4.78, 5) is 4.80. The molecule has 0 aromatic carbocycles. The van der Waals surface area contributed by atoms with Gasteiger partial charge in [-0.05, 0) is 0 Å². The van der Waals surface area contributed by atoms with Crippen molar-refractivity contribution in [1.82, 2.24) is 0 Å². The van der Waals surface area contributed by atoms with Gasteiger partial charge in [-0.25, -0.2) is 0 Å². The molecular weight excluding hydrogens is 214 g/mol. The molecule has 0 heterocycles. The van der Waals surface area contributed by atoms with Crippen LogP contribution in [0.1, 0.15) is 41.5 Å². The molecule has 1 heteroatoms. The summed E-state index contributed by atoms with van der Waals surface area (Å²) in [6.45, 7) is 14.3. The van der Waals surface area contributed by atoms with Gasteiger partial charge in [0.2, 0.25) is 0 Å². The Morgan fingerprint density at radius 2 is 0.846 bits per heavy atom. The first-order chi connectivity index (χ1) is 5.91. The van der Waals surface area contributed by atoms with Gasteiger partial charge in [0, 0.05) is 0 Å². The van der Waals surface area contributed by atoms with Crippen molar-refractivity contribution in [3.05, 3.63) is 0 Å². The van der Waals surface area contributed by atoms with Gasteiger partial charge < -0.3 is 0 Å². The second-order valence-corrected chi connectivity index (χ2v) is 12.4. The predicted octanol–water partition coefficient (Wildman–Crippen LogP) is 4.45. The van der Waals surface area contributed by atoms with E-state index in [1.54, 1.807) is 14.9 Å². The molecule has 0 aliphatic carbocycles. The van der Waals surface area contributed by atoms with E-state index < -0.39 is 16.2 Å². The molecular formula is C12H27Ga. The monoisotopic (exact) mass is 240 g/mol. The Balaban J connectivity index is 3.87. The van der Waals surface area contributed by atoms with E-state index in [9.17, 15) is 0 Å². The van der Waals surface area contributed by atoms with Crippen molar-refractivity contribution in [1.29, 1.82) is 0 Å². The van der Waals surface area contributed by atoms with Gasteiger partial charge in [0.05, 0.1) is 0 Å². The third kappa shape index (κ3) is 8.95. The van der Waals surface area contributed by atoms with E-state index in [0.717, 1.165) is 17.8 Å². The summed E-state index contributed by atoms with van der Waals surface area (Å²) in [5.41, 5.74) is 0. The molecule has 0 aromatic heterocycles. The Labute approximate surface area is 90.5 Å². The summed E-state index contributed by atoms with van der Waals surface area (Å²) >= 11 is -0.885. The molecule has 0 bridgehead atoms. The van der Waals surface area contributed by atoms with E-state index in [0.29, 0.717) is 0 Å². The van der Waals surface area contributed by atoms with E-state index in [2.05, 4.69) is 41.5 Å². The molecule has 13 heavy (non-hydrogen) atoms. The number of rotatable bonds is 6. The number of hydrogen-bond donors (Lipinski definition) is 0. The summed E-state index contributed by atoms with van der Waals surface area (Å²) in [7, 11) is 0. The topological polar surface area (TPSA) is 0 Å². The standard InChI is InChI=1S/3C4H9.Ga/c3*1-4(2)3;/h3*4H,1H2,2-3H3;. The van der Waals surface area contributed by atoms with Crippen LogP contribution in [0.4, 0.5) is 0 Å². The first kappa shape index (κ1) is 13.6. The molecule has 0 aliphatic rings. The molecule has 78 valence electrons. The van der Waals surface area contributed by atoms with Gasteiger partial charge in [0.25, 0.3) is 0 Å². The van der Waals surface area contributed by atoms with Crippen molar-refractivity contribution < 1.29 is 0 Å². The minimum atomic E-state index is -0.885. The fourth-order valence-corrected chi connectivity index (χ4v) is 11.9. The van der Waals surface area contributed by atoms with Gasteiger partial charge in [0.1, 0.15) is 0 Å². The fourth-order valence-electron chi connectivity index (χ4n) is 2.29. The van der Waals surface area contributed by atoms with Crippen molar-refractivity contribution in [3.63, 3.8) is 0 Å². The molecule has 0 aliphatic heterocycles. The Bertz CT molecular complexity index is 92.5. The van der Waals surface area contributed by atoms with Gasteiger partial charge in [0.15, 0.2) is 0 Å². The van der Waals surface area contributed by atoms with Crippen molar-refractivity contribution in [2.24, 2.45) is 17.8 Å². The maximum absolute atomic E-state index is 2.39. The van der Waals surface area contributed by atoms with Gasteiger partial charge in [-0.15, -0.1) is 0 Å². The van der Waals surface area contributed by atoms with Gasteiger partial charge in [-0.2, -0.15) is 0 Å². The van der Waals surface area contributed by atoms with Crippen molar-refractivity contribution in [3.8, 4) is 0 Å². The third-order valence-electron chi connectivity index (χ3n) is 2.41. The Morgan fingerprint density at radius 3 is 1.00 bits per heavy atom. The predicted molar refractivity (Wildman–Crippen MR) is 64.7 cm³/mol. The molecule has 0 fully saturated rings. The Hall–Kier alpha value is 0.636. The Morgan fingerprint density at radius 1 is 0.615 bits per heavy atom. The van der Waals surface area contributed by atoms with Gasteiger partial charge in [-0.1, -0.05) is 0 Å². The van der Waals surface area contributed by atoms with Crippen molar-refractivity contribution >= 4 is 16.2 Å². The van der Waals surface area contributed by atoms with Crippen LogP contribution < -0.4 is 0 Å². The second-order valence-electron chi connectivity index (χ2n) is 5.75. The summed E-state index contributed by atoms with van der Waals surface area (Å²) < 4.78 is 0. The van der Waals surface area contributed by atoms with E-state index in [1.165, 1.54) is 0 Å². The average Bonchev–Trinajstić information content (AvgIpc) is 1.80. The summed E-state index contributed by atoms with van der Waals surface area (Å²) in [6.07, 6.45) is 0. The molecule has 0 amide bonds. The fraction of sp³-hybridized carbons (Fsp3) is 1.00.